The second-order valence-electron chi connectivity index (χ2n) is 6.50. The minimum absolute atomic E-state index is 0.0885. The Balaban J connectivity index is 1.83. The molecule has 1 atom stereocenters. The number of aromatic nitrogens is 2. The van der Waals surface area contributed by atoms with Crippen LogP contribution in [0.15, 0.2) is 22.7 Å². The highest BCUT2D eigenvalue weighted by atomic mass is 19.1. The molecule has 1 aliphatic rings. The van der Waals surface area contributed by atoms with Gasteiger partial charge < -0.3 is 15.6 Å². The smallest absolute Gasteiger partial charge is 0.229 e. The van der Waals surface area contributed by atoms with Crippen molar-refractivity contribution in [3.05, 3.63) is 47.1 Å². The third-order valence-electron chi connectivity index (χ3n) is 4.50. The number of nitrogens with two attached hydrogens (primary N) is 1. The summed E-state index contributed by atoms with van der Waals surface area (Å²) >= 11 is 0. The van der Waals surface area contributed by atoms with Crippen molar-refractivity contribution in [3.8, 4) is 0 Å². The molecule has 1 fully saturated rings. The zero-order valence-corrected chi connectivity index (χ0v) is 13.9. The number of hydrogen-bond acceptors (Lipinski definition) is 5. The molecule has 0 radical (unpaired) electrons. The molecule has 0 spiro atoms. The van der Waals surface area contributed by atoms with Gasteiger partial charge >= 0.3 is 0 Å². The molecule has 0 bridgehead atoms. The first-order chi connectivity index (χ1) is 11.9. The minimum atomic E-state index is -0.747. The van der Waals surface area contributed by atoms with Crippen molar-refractivity contribution < 1.29 is 18.1 Å². The van der Waals surface area contributed by atoms with E-state index in [-0.39, 0.29) is 23.8 Å². The van der Waals surface area contributed by atoms with Crippen LogP contribution in [-0.4, -0.2) is 16.0 Å². The SMILES string of the molecule is CC(=O)NC(Cc1nc(C2(N)CCCC2)no1)c1ccc(F)cc1F. The van der Waals surface area contributed by atoms with Gasteiger partial charge in [0.2, 0.25) is 11.8 Å². The van der Waals surface area contributed by atoms with E-state index in [2.05, 4.69) is 15.5 Å². The van der Waals surface area contributed by atoms with Crippen LogP contribution in [0.2, 0.25) is 0 Å². The lowest BCUT2D eigenvalue weighted by Crippen LogP contribution is -2.34. The van der Waals surface area contributed by atoms with Gasteiger partial charge in [0.25, 0.3) is 0 Å². The lowest BCUT2D eigenvalue weighted by molar-refractivity contribution is -0.119. The van der Waals surface area contributed by atoms with Crippen LogP contribution in [0.5, 0.6) is 0 Å². The Labute approximate surface area is 143 Å². The second kappa shape index (κ2) is 6.87. The van der Waals surface area contributed by atoms with Crippen molar-refractivity contribution >= 4 is 5.91 Å². The average Bonchev–Trinajstić information content (AvgIpc) is 3.16. The van der Waals surface area contributed by atoms with Crippen LogP contribution in [0.4, 0.5) is 8.78 Å². The molecule has 3 N–H and O–H groups in total. The quantitative estimate of drug-likeness (QED) is 0.864. The van der Waals surface area contributed by atoms with E-state index in [4.69, 9.17) is 10.3 Å². The van der Waals surface area contributed by atoms with Crippen molar-refractivity contribution in [2.24, 2.45) is 5.73 Å². The summed E-state index contributed by atoms with van der Waals surface area (Å²) in [6.07, 6.45) is 3.68. The third kappa shape index (κ3) is 3.84. The van der Waals surface area contributed by atoms with E-state index in [0.717, 1.165) is 37.8 Å². The maximum Gasteiger partial charge on any atom is 0.229 e. The van der Waals surface area contributed by atoms with Crippen LogP contribution in [0, 0.1) is 11.6 Å². The fourth-order valence-corrected chi connectivity index (χ4v) is 3.21. The maximum absolute atomic E-state index is 14.1. The van der Waals surface area contributed by atoms with Crippen LogP contribution >= 0.6 is 0 Å². The second-order valence-corrected chi connectivity index (χ2v) is 6.50. The van der Waals surface area contributed by atoms with Crippen molar-refractivity contribution in [1.29, 1.82) is 0 Å². The van der Waals surface area contributed by atoms with Crippen LogP contribution in [0.1, 0.15) is 55.9 Å². The molecule has 1 unspecified atom stereocenters. The number of halogens is 2. The Morgan fingerprint density at radius 2 is 2.12 bits per heavy atom. The molecule has 1 heterocycles. The maximum atomic E-state index is 14.1. The summed E-state index contributed by atoms with van der Waals surface area (Å²) in [7, 11) is 0. The Morgan fingerprint density at radius 1 is 1.40 bits per heavy atom. The predicted molar refractivity (Wildman–Crippen MR) is 85.3 cm³/mol. The molecule has 6 nitrogen and oxygen atoms in total. The molecule has 1 saturated carbocycles. The summed E-state index contributed by atoms with van der Waals surface area (Å²) in [4.78, 5) is 15.8. The number of benzene rings is 1. The normalized spacial score (nSPS) is 17.4. The monoisotopic (exact) mass is 350 g/mol. The first kappa shape index (κ1) is 17.5. The molecule has 25 heavy (non-hydrogen) atoms. The van der Waals surface area contributed by atoms with Gasteiger partial charge in [0.1, 0.15) is 11.6 Å². The number of carbonyl (C=O) groups is 1. The number of nitrogens with zero attached hydrogens (tertiary/aromatic N) is 2. The van der Waals surface area contributed by atoms with Crippen LogP contribution in [0.25, 0.3) is 0 Å². The fourth-order valence-electron chi connectivity index (χ4n) is 3.21. The molecule has 1 aliphatic carbocycles. The number of carbonyl (C=O) groups excluding carboxylic acids is 1. The molecule has 0 saturated heterocycles. The van der Waals surface area contributed by atoms with E-state index < -0.39 is 23.2 Å². The van der Waals surface area contributed by atoms with Crippen LogP contribution < -0.4 is 11.1 Å². The van der Waals surface area contributed by atoms with E-state index in [0.29, 0.717) is 5.82 Å². The summed E-state index contributed by atoms with van der Waals surface area (Å²) in [6.45, 7) is 1.32. The number of nitrogens with one attached hydrogen (secondary N) is 1. The summed E-state index contributed by atoms with van der Waals surface area (Å²) < 4.78 is 32.5. The highest BCUT2D eigenvalue weighted by Crippen LogP contribution is 2.34. The minimum Gasteiger partial charge on any atom is -0.349 e. The fraction of sp³-hybridized carbons (Fsp3) is 0.471. The molecule has 3 rings (SSSR count). The van der Waals surface area contributed by atoms with Gasteiger partial charge in [-0.05, 0) is 18.9 Å². The molecule has 8 heteroatoms. The molecule has 0 aliphatic heterocycles. The van der Waals surface area contributed by atoms with Crippen molar-refractivity contribution in [1.82, 2.24) is 15.5 Å². The zero-order chi connectivity index (χ0) is 18.0. The van der Waals surface area contributed by atoms with E-state index >= 15 is 0 Å². The summed E-state index contributed by atoms with van der Waals surface area (Å²) in [6, 6.07) is 2.46. The molecule has 1 aromatic heterocycles. The van der Waals surface area contributed by atoms with Crippen molar-refractivity contribution in [2.75, 3.05) is 0 Å². The Bertz CT molecular complexity index is 772. The Kier molecular flexibility index (Phi) is 4.80. The van der Waals surface area contributed by atoms with Crippen LogP contribution in [-0.2, 0) is 16.8 Å². The molecular formula is C17H20F2N4O2. The number of hydrogen-bond donors (Lipinski definition) is 2. The predicted octanol–water partition coefficient (Wildman–Crippen LogP) is 2.50. The van der Waals surface area contributed by atoms with Crippen LogP contribution in [0.3, 0.4) is 0 Å². The Hall–Kier alpha value is -2.35. The molecule has 134 valence electrons. The van der Waals surface area contributed by atoms with Gasteiger partial charge in [-0.25, -0.2) is 8.78 Å². The molecule has 2 aromatic rings. The lowest BCUT2D eigenvalue weighted by Gasteiger charge is -2.18. The van der Waals surface area contributed by atoms with E-state index in [1.54, 1.807) is 0 Å². The average molecular weight is 350 g/mol. The summed E-state index contributed by atoms with van der Waals surface area (Å²) in [5.74, 6) is -1.10. The van der Waals surface area contributed by atoms with Crippen molar-refractivity contribution in [2.45, 2.75) is 50.6 Å². The molecular weight excluding hydrogens is 330 g/mol. The standard InChI is InChI=1S/C17H20F2N4O2/c1-10(24)21-14(12-5-4-11(18)8-13(12)19)9-15-22-16(23-25-15)17(20)6-2-3-7-17/h4-5,8,14H,2-3,6-7,9,20H2,1H3,(H,21,24). The summed E-state index contributed by atoms with van der Waals surface area (Å²) in [5.41, 5.74) is 5.86. The largest absolute Gasteiger partial charge is 0.349 e. The van der Waals surface area contributed by atoms with E-state index in [1.165, 1.54) is 13.0 Å². The van der Waals surface area contributed by atoms with Gasteiger partial charge in [-0.1, -0.05) is 24.1 Å². The lowest BCUT2D eigenvalue weighted by atomic mass is 9.98. The van der Waals surface area contributed by atoms with Gasteiger partial charge in [0.15, 0.2) is 5.82 Å². The summed E-state index contributed by atoms with van der Waals surface area (Å²) in [5, 5.41) is 6.59. The van der Waals surface area contributed by atoms with Gasteiger partial charge in [0.05, 0.1) is 18.0 Å². The first-order valence-electron chi connectivity index (χ1n) is 8.21. The van der Waals surface area contributed by atoms with Crippen molar-refractivity contribution in [3.63, 3.8) is 0 Å². The Morgan fingerprint density at radius 3 is 2.76 bits per heavy atom. The van der Waals surface area contributed by atoms with Gasteiger partial charge in [-0.2, -0.15) is 4.98 Å². The highest BCUT2D eigenvalue weighted by molar-refractivity contribution is 5.73. The van der Waals surface area contributed by atoms with Gasteiger partial charge in [0, 0.05) is 18.6 Å². The third-order valence-corrected chi connectivity index (χ3v) is 4.50. The van der Waals surface area contributed by atoms with E-state index in [1.807, 2.05) is 0 Å². The highest BCUT2D eigenvalue weighted by Gasteiger charge is 2.36. The number of rotatable bonds is 5. The number of amides is 1. The van der Waals surface area contributed by atoms with E-state index in [9.17, 15) is 13.6 Å². The topological polar surface area (TPSA) is 94.0 Å². The van der Waals surface area contributed by atoms with Gasteiger partial charge in [-0.15, -0.1) is 0 Å². The molecule has 1 amide bonds. The first-order valence-corrected chi connectivity index (χ1v) is 8.21. The molecule has 1 aromatic carbocycles. The van der Waals surface area contributed by atoms with Gasteiger partial charge in [-0.3, -0.25) is 4.79 Å². The zero-order valence-electron chi connectivity index (χ0n) is 13.9.